The van der Waals surface area contributed by atoms with Gasteiger partial charge in [0.1, 0.15) is 0 Å². The third-order valence-corrected chi connectivity index (χ3v) is 8.84. The van der Waals surface area contributed by atoms with Gasteiger partial charge in [-0.05, 0) is 51.6 Å². The second-order valence-corrected chi connectivity index (χ2v) is 11.5. The van der Waals surface area contributed by atoms with Crippen LogP contribution < -0.4 is 21.3 Å². The van der Waals surface area contributed by atoms with Gasteiger partial charge in [-0.1, -0.05) is 0 Å². The fourth-order valence-electron chi connectivity index (χ4n) is 6.64. The smallest absolute Gasteiger partial charge is 0.506 e. The molecule has 16 heteroatoms. The van der Waals surface area contributed by atoms with E-state index in [1.54, 1.807) is 9.80 Å². The maximum absolute atomic E-state index is 13.1. The molecule has 0 aromatic rings. The monoisotopic (exact) mass is 560 g/mol. The number of hydrogen-bond donors (Lipinski definition) is 4. The first-order valence-corrected chi connectivity index (χ1v) is 14.7. The molecule has 0 aliphatic carbocycles. The highest BCUT2D eigenvalue weighted by atomic mass is 16.7. The Kier molecular flexibility index (Phi) is 8.61. The van der Waals surface area contributed by atoms with Gasteiger partial charge in [0.15, 0.2) is 12.2 Å². The van der Waals surface area contributed by atoms with E-state index in [9.17, 15) is 19.2 Å². The van der Waals surface area contributed by atoms with Crippen molar-refractivity contribution >= 4 is 38.0 Å². The summed E-state index contributed by atoms with van der Waals surface area (Å²) in [4.78, 5) is 55.5. The van der Waals surface area contributed by atoms with Gasteiger partial charge in [-0.25, -0.2) is 0 Å². The van der Waals surface area contributed by atoms with E-state index in [4.69, 9.17) is 18.6 Å². The lowest BCUT2D eigenvalue weighted by atomic mass is 9.72. The molecule has 2 amide bonds. The highest BCUT2D eigenvalue weighted by Gasteiger charge is 2.59. The number of carbonyl (C=O) groups is 4. The van der Waals surface area contributed by atoms with Crippen LogP contribution in [0.5, 0.6) is 0 Å². The maximum Gasteiger partial charge on any atom is 0.552 e. The summed E-state index contributed by atoms with van der Waals surface area (Å²) >= 11 is 0. The topological polar surface area (TPSA) is 160 Å². The first-order chi connectivity index (χ1) is 19.5. The van der Waals surface area contributed by atoms with Gasteiger partial charge in [-0.15, -0.1) is 0 Å². The highest BCUT2D eigenvalue weighted by Crippen LogP contribution is 2.31. The zero-order chi connectivity index (χ0) is 27.6. The molecule has 40 heavy (non-hydrogen) atoms. The van der Waals surface area contributed by atoms with Crippen LogP contribution in [-0.4, -0.2) is 136 Å². The minimum atomic E-state index is -1.29. The van der Waals surface area contributed by atoms with Crippen molar-refractivity contribution in [1.82, 2.24) is 31.1 Å². The fourth-order valence-corrected chi connectivity index (χ4v) is 6.64. The molecule has 0 radical (unpaired) electrons. The molecule has 4 N–H and O–H groups in total. The molecule has 0 aromatic heterocycles. The summed E-state index contributed by atoms with van der Waals surface area (Å²) in [5.41, 5.74) is 0. The van der Waals surface area contributed by atoms with E-state index in [0.29, 0.717) is 25.9 Å². The third-order valence-electron chi connectivity index (χ3n) is 8.84. The Morgan fingerprint density at radius 2 is 1.20 bits per heavy atom. The van der Waals surface area contributed by atoms with E-state index in [0.717, 1.165) is 51.9 Å². The molecule has 6 aliphatic rings. The molecular formula is C24H38B2N6O8. The average molecular weight is 560 g/mol. The number of nitrogens with one attached hydrogen (secondary N) is 4. The van der Waals surface area contributed by atoms with Gasteiger partial charge in [0.2, 0.25) is 11.8 Å². The second-order valence-electron chi connectivity index (χ2n) is 11.5. The van der Waals surface area contributed by atoms with Crippen LogP contribution in [-0.2, 0) is 37.8 Å². The molecule has 218 valence electrons. The van der Waals surface area contributed by atoms with Crippen molar-refractivity contribution in [3.8, 4) is 0 Å². The van der Waals surface area contributed by atoms with Crippen molar-refractivity contribution in [2.45, 2.75) is 74.7 Å². The van der Waals surface area contributed by atoms with Crippen molar-refractivity contribution < 1.29 is 37.8 Å². The number of fused-ring (bicyclic) bond motifs is 1. The first-order valence-electron chi connectivity index (χ1n) is 14.7. The largest absolute Gasteiger partial charge is 0.552 e. The summed E-state index contributed by atoms with van der Waals surface area (Å²) < 4.78 is 23.1. The molecule has 6 atom stereocenters. The molecule has 6 fully saturated rings. The number of nitrogens with zero attached hydrogens (tertiary/aromatic N) is 2. The van der Waals surface area contributed by atoms with Gasteiger partial charge in [-0.2, -0.15) is 0 Å². The van der Waals surface area contributed by atoms with E-state index in [1.165, 1.54) is 0 Å². The molecule has 2 unspecified atom stereocenters. The fraction of sp³-hybridized carbons (Fsp3) is 0.833. The standard InChI is InChI=1S/C24H38B2N6O8/c33-19(13-29-15-5-7-27-11-15)31-9-1-3-17(31)25-37-21-22(23(35)39-25)38-26(40-24(21)36)18-4-2-10-32(18)20(34)14-30-16-6-8-28-12-16/h15-18,21-22,27-30H,1-14H2/t15-,16-,17-,18+,21?,22?/m1/s1. The minimum Gasteiger partial charge on any atom is -0.506 e. The van der Waals surface area contributed by atoms with Crippen LogP contribution in [0.4, 0.5) is 0 Å². The van der Waals surface area contributed by atoms with Gasteiger partial charge in [-0.3, -0.25) is 19.2 Å². The second kappa shape index (κ2) is 12.3. The molecule has 0 saturated carbocycles. The molecule has 14 nitrogen and oxygen atoms in total. The van der Waals surface area contributed by atoms with Crippen molar-refractivity contribution in [3.05, 3.63) is 0 Å². The number of carbonyl (C=O) groups excluding carboxylic acids is 4. The molecule has 6 aliphatic heterocycles. The van der Waals surface area contributed by atoms with Crippen molar-refractivity contribution in [2.24, 2.45) is 0 Å². The van der Waals surface area contributed by atoms with E-state index >= 15 is 0 Å². The SMILES string of the molecule is O=C1OB([C@@H]2CCCN2C(=O)CN[C@@H]2CCNC2)OC2C(=O)OB([C@H]3CCCN3C(=O)CN[C@@H]3CCNC3)OC12. The summed E-state index contributed by atoms with van der Waals surface area (Å²) in [6.07, 6.45) is 2.03. The van der Waals surface area contributed by atoms with Gasteiger partial charge < -0.3 is 49.7 Å². The molecule has 6 rings (SSSR count). The number of rotatable bonds is 8. The van der Waals surface area contributed by atoms with E-state index < -0.39 is 50.3 Å². The Balaban J connectivity index is 1.05. The summed E-state index contributed by atoms with van der Waals surface area (Å²) in [5, 5.41) is 13.1. The molecule has 0 aromatic carbocycles. The van der Waals surface area contributed by atoms with Gasteiger partial charge in [0.05, 0.1) is 25.0 Å². The Labute approximate surface area is 234 Å². The van der Waals surface area contributed by atoms with Gasteiger partial charge >= 0.3 is 26.2 Å². The van der Waals surface area contributed by atoms with Crippen LogP contribution >= 0.6 is 0 Å². The number of likely N-dealkylation sites (tertiary alicyclic amines) is 2. The molecule has 0 spiro atoms. The lowest BCUT2D eigenvalue weighted by Gasteiger charge is -2.41. The molecular weight excluding hydrogens is 522 g/mol. The lowest BCUT2D eigenvalue weighted by Crippen LogP contribution is -2.66. The van der Waals surface area contributed by atoms with Crippen molar-refractivity contribution in [3.63, 3.8) is 0 Å². The summed E-state index contributed by atoms with van der Waals surface area (Å²) in [6.45, 7) is 4.94. The summed E-state index contributed by atoms with van der Waals surface area (Å²) in [5.74, 6) is -2.60. The lowest BCUT2D eigenvalue weighted by molar-refractivity contribution is -0.179. The van der Waals surface area contributed by atoms with Crippen LogP contribution in [0.3, 0.4) is 0 Å². The number of amides is 2. The predicted molar refractivity (Wildman–Crippen MR) is 141 cm³/mol. The van der Waals surface area contributed by atoms with Crippen LogP contribution in [0, 0.1) is 0 Å². The predicted octanol–water partition coefficient (Wildman–Crippen LogP) is -3.19. The normalized spacial score (nSPS) is 34.3. The van der Waals surface area contributed by atoms with E-state index in [-0.39, 0.29) is 37.0 Å². The molecule has 6 saturated heterocycles. The Morgan fingerprint density at radius 1 is 0.750 bits per heavy atom. The Hall–Kier alpha value is -2.23. The van der Waals surface area contributed by atoms with E-state index in [1.807, 2.05) is 0 Å². The summed E-state index contributed by atoms with van der Waals surface area (Å²) in [6, 6.07) is 0.507. The Bertz CT molecular complexity index is 907. The highest BCUT2D eigenvalue weighted by molar-refractivity contribution is 6.53. The Morgan fingerprint density at radius 3 is 1.60 bits per heavy atom. The quantitative estimate of drug-likeness (QED) is 0.221. The van der Waals surface area contributed by atoms with Crippen LogP contribution in [0.2, 0.25) is 0 Å². The van der Waals surface area contributed by atoms with E-state index in [2.05, 4.69) is 21.3 Å². The molecule has 0 bridgehead atoms. The van der Waals surface area contributed by atoms with Crippen molar-refractivity contribution in [2.75, 3.05) is 52.4 Å². The number of hydrogen-bond acceptors (Lipinski definition) is 12. The van der Waals surface area contributed by atoms with Crippen molar-refractivity contribution in [1.29, 1.82) is 0 Å². The zero-order valence-electron chi connectivity index (χ0n) is 22.7. The third kappa shape index (κ3) is 5.88. The summed E-state index contributed by atoms with van der Waals surface area (Å²) in [7, 11) is -2.16. The van der Waals surface area contributed by atoms with Crippen LogP contribution in [0.15, 0.2) is 0 Å². The van der Waals surface area contributed by atoms with Crippen LogP contribution in [0.25, 0.3) is 0 Å². The first kappa shape index (κ1) is 27.9. The van der Waals surface area contributed by atoms with Gasteiger partial charge in [0, 0.05) is 38.3 Å². The average Bonchev–Trinajstić information content (AvgIpc) is 3.78. The maximum atomic E-state index is 13.1. The minimum absolute atomic E-state index is 0.0941. The zero-order valence-corrected chi connectivity index (χ0v) is 22.7. The van der Waals surface area contributed by atoms with Crippen LogP contribution in [0.1, 0.15) is 38.5 Å². The molecule has 6 heterocycles. The van der Waals surface area contributed by atoms with Gasteiger partial charge in [0.25, 0.3) is 0 Å².